The fourth-order valence-corrected chi connectivity index (χ4v) is 18.6. The maximum Gasteiger partial charge on any atom is 0.219 e. The molecule has 0 atom stereocenters. The van der Waals surface area contributed by atoms with Crippen molar-refractivity contribution in [2.75, 3.05) is 106 Å². The average molecular weight is 1880 g/mol. The lowest BCUT2D eigenvalue weighted by atomic mass is 9.92. The lowest BCUT2D eigenvalue weighted by Gasteiger charge is -2.16. The van der Waals surface area contributed by atoms with Gasteiger partial charge in [0, 0.05) is 216 Å². The molecule has 0 amide bonds. The topological polar surface area (TPSA) is 459 Å². The van der Waals surface area contributed by atoms with E-state index in [1.165, 1.54) is 22.3 Å². The van der Waals surface area contributed by atoms with Crippen LogP contribution in [0.5, 0.6) is 5.88 Å². The molecule has 0 unspecified atom stereocenters. The fraction of sp³-hybridized carbons (Fsp3) is 0.218. The van der Waals surface area contributed by atoms with Crippen LogP contribution in [0.2, 0.25) is 5.15 Å². The van der Waals surface area contributed by atoms with Gasteiger partial charge in [0.05, 0.1) is 89.6 Å². The Morgan fingerprint density at radius 3 is 1.01 bits per heavy atom. The van der Waals surface area contributed by atoms with Crippen molar-refractivity contribution < 1.29 is 43.3 Å². The van der Waals surface area contributed by atoms with Gasteiger partial charge >= 0.3 is 0 Å². The SMILES string of the molecule is CCC1=CCc2ncc(-c3ccc4c(c3)C(CN)=NCC4=O)cc21.COCC1=CCc2ncc(-c3ccc4c(c3)C(CN)=NCC4=O)cc21.COc1c(-c2ccc3c(c2)C(CN)=NCC3=O)cnn1C.Cn1ncc(-c2ccc3c(c2)C(CN)=NCC3=O)c1Cl.NCC1=NCC(=O)c2ccc(-c3cnc4c(c3)C(CO)=CC4)cc21.NCC1=NCC(=O)c2ccc(-c3cncc(Cc4ccccc4)c3)cc21. The number of fused-ring (bicyclic) bond motifs is 9. The third-order valence-corrected chi connectivity index (χ3v) is 26.2. The van der Waals surface area contributed by atoms with Crippen LogP contribution in [0.15, 0.2) is 255 Å². The standard InChI is InChI=1S/C22H19N3O.C20H19N3O2.C20H19N3O.C19H17N3O2.C15H16N4O2.C14H13ClN4O/c23-11-21-20-10-17(6-7-19(20)22(26)14-25-21)18-9-16(12-24-13-18)8-15-4-2-1-3-5-15;1-25-11-13-3-5-18-16(13)7-14(9-22-18)12-2-4-15-17(6-12)19(8-21)23-10-20(15)24;1-2-12-4-6-18-16(12)8-14(10-22-18)13-3-5-15-17(7-13)19(9-21)23-11-20(15)24;20-7-18-16-5-11(1-3-14(16)19(24)9-22-18)13-6-15-12(10-23)2-4-17(15)21-8-13;1-19-15(21-2)12(7-18-19)9-3-4-10-11(5-9)13(6-16)17-8-14(10)20;1-19-14(15)11(6-18-19)8-2-3-9-10(4-8)12(5-16)17-7-13(9)20/h1-7,9-10,12-13H,8,11,14,23H2;2-4,6-7,9H,5,8,10-11,21H2,1H3;3-5,7-8,10H,2,6,9,11,21H2,1H3;1-3,5-6,8,23H,4,7,9-10,20H2;3-5,7H,6,8,16H2,1-2H3;2-4,6H,5,7,16H2,1H3. The summed E-state index contributed by atoms with van der Waals surface area (Å²) in [7, 11) is 6.90. The summed E-state index contributed by atoms with van der Waals surface area (Å²) in [5.74, 6) is 0.857. The Morgan fingerprint density at radius 1 is 0.336 bits per heavy atom. The number of Topliss-reactive ketones (excluding diaryl/α,β-unsaturated/α-hetero) is 6. The van der Waals surface area contributed by atoms with Gasteiger partial charge < -0.3 is 49.0 Å². The Bertz CT molecular complexity index is 7330. The third kappa shape index (κ3) is 20.2. The molecule has 0 bridgehead atoms. The van der Waals surface area contributed by atoms with Gasteiger partial charge in [0.25, 0.3) is 0 Å². The molecule has 30 heteroatoms. The quantitative estimate of drug-likeness (QED) is 0.0395. The van der Waals surface area contributed by atoms with Gasteiger partial charge in [-0.15, -0.1) is 0 Å². The van der Waals surface area contributed by atoms with Crippen molar-refractivity contribution in [2.45, 2.75) is 39.0 Å². The summed E-state index contributed by atoms with van der Waals surface area (Å²) in [6, 6.07) is 53.4. The van der Waals surface area contributed by atoms with E-state index in [1.807, 2.05) is 172 Å². The highest BCUT2D eigenvalue weighted by Crippen LogP contribution is 2.39. The number of halogens is 1. The van der Waals surface area contributed by atoms with Crippen molar-refractivity contribution in [3.63, 3.8) is 0 Å². The van der Waals surface area contributed by atoms with Gasteiger partial charge in [0.1, 0.15) is 44.4 Å². The molecule has 6 aliphatic heterocycles. The van der Waals surface area contributed by atoms with Gasteiger partial charge in [-0.1, -0.05) is 140 Å². The predicted molar refractivity (Wildman–Crippen MR) is 550 cm³/mol. The first-order chi connectivity index (χ1) is 68.1. The first-order valence-corrected chi connectivity index (χ1v) is 46.4. The van der Waals surface area contributed by atoms with E-state index in [9.17, 15) is 33.9 Å². The normalized spacial score (nSPS) is 14.7. The second kappa shape index (κ2) is 43.1. The van der Waals surface area contributed by atoms with Crippen LogP contribution in [0.3, 0.4) is 0 Å². The number of benzene rings is 7. The van der Waals surface area contributed by atoms with E-state index in [1.54, 1.807) is 49.1 Å². The number of ketones is 6. The molecule has 140 heavy (non-hydrogen) atoms. The molecule has 13 aromatic rings. The highest BCUT2D eigenvalue weighted by molar-refractivity contribution is 6.32. The Labute approximate surface area is 813 Å². The second-order valence-corrected chi connectivity index (χ2v) is 34.6. The number of nitrogens with two attached hydrogens (primary N) is 6. The number of rotatable bonds is 19. The number of carbonyl (C=O) groups is 6. The fourth-order valence-electron chi connectivity index (χ4n) is 18.4. The number of pyridine rings is 4. The van der Waals surface area contributed by atoms with Gasteiger partial charge in [-0.3, -0.25) is 83.3 Å². The lowest BCUT2D eigenvalue weighted by Crippen LogP contribution is -2.24. The zero-order chi connectivity index (χ0) is 97.9. The van der Waals surface area contributed by atoms with Crippen LogP contribution >= 0.6 is 11.6 Å². The number of carbonyl (C=O) groups excluding carboxylic acids is 6. The molecule has 29 nitrogen and oxygen atoms in total. The maximum absolute atomic E-state index is 12.1. The van der Waals surface area contributed by atoms with Crippen LogP contribution < -0.4 is 39.1 Å². The minimum absolute atomic E-state index is 0.0147. The van der Waals surface area contributed by atoms with E-state index in [0.29, 0.717) is 84.7 Å². The average Bonchev–Trinajstić information content (AvgIpc) is 0.858. The van der Waals surface area contributed by atoms with Crippen molar-refractivity contribution >= 4 is 97.3 Å². The molecule has 9 aliphatic rings. The molecule has 7 aromatic carbocycles. The number of aliphatic hydroxyl groups excluding tert-OH is 1. The Hall–Kier alpha value is -15.4. The number of aryl methyl sites for hydroxylation is 2. The minimum Gasteiger partial charge on any atom is -0.481 e. The zero-order valence-corrected chi connectivity index (χ0v) is 78.9. The van der Waals surface area contributed by atoms with Crippen molar-refractivity contribution in [2.24, 2.45) is 78.5 Å². The Kier molecular flexibility index (Phi) is 29.6. The largest absolute Gasteiger partial charge is 0.481 e. The third-order valence-electron chi connectivity index (χ3n) is 25.8. The van der Waals surface area contributed by atoms with Crippen molar-refractivity contribution in [1.82, 2.24) is 39.5 Å². The molecule has 3 aliphatic carbocycles. The van der Waals surface area contributed by atoms with Crippen LogP contribution in [0.25, 0.3) is 83.5 Å². The van der Waals surface area contributed by atoms with Crippen molar-refractivity contribution in [3.8, 4) is 72.6 Å². The summed E-state index contributed by atoms with van der Waals surface area (Å²) in [6.45, 7) is 5.79. The number of nitrogens with zero attached hydrogens (tertiary/aromatic N) is 14. The van der Waals surface area contributed by atoms with Gasteiger partial charge in [-0.2, -0.15) is 10.2 Å². The smallest absolute Gasteiger partial charge is 0.219 e. The van der Waals surface area contributed by atoms with Crippen LogP contribution in [-0.2, 0) is 44.5 Å². The molecule has 0 saturated heterocycles. The van der Waals surface area contributed by atoms with Crippen LogP contribution in [0, 0.1) is 0 Å². The highest BCUT2D eigenvalue weighted by atomic mass is 35.5. The van der Waals surface area contributed by atoms with Gasteiger partial charge in [0.2, 0.25) is 5.88 Å². The minimum atomic E-state index is 0.0147. The first-order valence-electron chi connectivity index (χ1n) is 46.0. The van der Waals surface area contributed by atoms with Crippen molar-refractivity contribution in [3.05, 3.63) is 342 Å². The Morgan fingerprint density at radius 2 is 0.657 bits per heavy atom. The van der Waals surface area contributed by atoms with Gasteiger partial charge in [0.15, 0.2) is 34.7 Å². The second-order valence-electron chi connectivity index (χ2n) is 34.2. The number of methoxy groups -OCH3 is 2. The molecule has 22 rings (SSSR count). The molecular formula is C110H103ClN20O9. The van der Waals surface area contributed by atoms with Crippen LogP contribution in [0.4, 0.5) is 0 Å². The maximum atomic E-state index is 12.1. The van der Waals surface area contributed by atoms with Crippen LogP contribution in [-0.4, -0.2) is 220 Å². The van der Waals surface area contributed by atoms with E-state index < -0.39 is 0 Å². The summed E-state index contributed by atoms with van der Waals surface area (Å²) < 4.78 is 13.9. The van der Waals surface area contributed by atoms with Gasteiger partial charge in [-0.05, 0) is 140 Å². The molecular weight excluding hydrogens is 1780 g/mol. The summed E-state index contributed by atoms with van der Waals surface area (Å²) in [4.78, 5) is 116. The number of hydrogen-bond donors (Lipinski definition) is 7. The number of aliphatic hydroxyl groups is 1. The van der Waals surface area contributed by atoms with E-state index in [4.69, 9.17) is 55.5 Å². The highest BCUT2D eigenvalue weighted by Gasteiger charge is 2.30. The lowest BCUT2D eigenvalue weighted by molar-refractivity contribution is 0.0992. The number of aromatic nitrogens is 8. The molecule has 0 radical (unpaired) electrons. The number of hydrogen-bond acceptors (Lipinski definition) is 27. The monoisotopic (exact) mass is 1880 g/mol. The number of ether oxygens (including phenoxy) is 2. The van der Waals surface area contributed by atoms with E-state index in [-0.39, 0.29) is 80.6 Å². The predicted octanol–water partition coefficient (Wildman–Crippen LogP) is 13.0. The molecule has 0 spiro atoms. The summed E-state index contributed by atoms with van der Waals surface area (Å²) in [6.07, 6.45) is 23.6. The van der Waals surface area contributed by atoms with Crippen molar-refractivity contribution in [1.29, 1.82) is 0 Å². The molecule has 704 valence electrons. The summed E-state index contributed by atoms with van der Waals surface area (Å²) in [5, 5.41) is 18.3. The molecule has 0 saturated carbocycles. The van der Waals surface area contributed by atoms with Crippen LogP contribution in [0.1, 0.15) is 154 Å². The first kappa shape index (κ1) is 96.3. The molecule has 6 aromatic heterocycles. The van der Waals surface area contributed by atoms with E-state index >= 15 is 0 Å². The Balaban J connectivity index is 0.000000116. The number of aliphatic imine (C=N–C) groups is 6. The van der Waals surface area contributed by atoms with E-state index in [0.717, 1.165) is 211 Å². The van der Waals surface area contributed by atoms with E-state index in [2.05, 4.69) is 109 Å². The molecule has 12 heterocycles. The molecule has 0 fully saturated rings. The zero-order valence-electron chi connectivity index (χ0n) is 78.1. The summed E-state index contributed by atoms with van der Waals surface area (Å²) in [5.41, 5.74) is 72.4. The summed E-state index contributed by atoms with van der Waals surface area (Å²) >= 11 is 6.20. The van der Waals surface area contributed by atoms with Gasteiger partial charge in [-0.25, -0.2) is 4.68 Å². The number of allylic oxidation sites excluding steroid dienone is 4. The molecule has 13 N–H and O–H groups in total.